The van der Waals surface area contributed by atoms with Crippen LogP contribution in [-0.4, -0.2) is 28.4 Å². The van der Waals surface area contributed by atoms with E-state index < -0.39 is 23.1 Å². The molecule has 0 amide bonds. The number of aliphatic hydroxyl groups is 2. The Bertz CT molecular complexity index is 447. The smallest absolute Gasteiger partial charge is 0.345 e. The standard InChI is InChI=1S/C16H24O4/c1-11(2)20-14(18)16(19,13(17)15(3,4)5)12-9-7-6-8-10-12/h6-11,13,17,19H,1-5H3/t13-,16+/m1/s1. The zero-order valence-electron chi connectivity index (χ0n) is 12.8. The van der Waals surface area contributed by atoms with Crippen LogP contribution < -0.4 is 0 Å². The van der Waals surface area contributed by atoms with E-state index in [1.54, 1.807) is 65.0 Å². The minimum Gasteiger partial charge on any atom is -0.461 e. The van der Waals surface area contributed by atoms with Crippen molar-refractivity contribution in [3.63, 3.8) is 0 Å². The summed E-state index contributed by atoms with van der Waals surface area (Å²) in [5, 5.41) is 21.4. The van der Waals surface area contributed by atoms with Gasteiger partial charge in [-0.25, -0.2) is 4.79 Å². The Labute approximate surface area is 120 Å². The Morgan fingerprint density at radius 1 is 1.15 bits per heavy atom. The van der Waals surface area contributed by atoms with Gasteiger partial charge < -0.3 is 14.9 Å². The van der Waals surface area contributed by atoms with Gasteiger partial charge in [0.1, 0.15) is 6.10 Å². The van der Waals surface area contributed by atoms with Crippen molar-refractivity contribution < 1.29 is 19.7 Å². The predicted molar refractivity (Wildman–Crippen MR) is 77.0 cm³/mol. The van der Waals surface area contributed by atoms with Crippen molar-refractivity contribution in [2.24, 2.45) is 5.41 Å². The molecule has 0 aliphatic rings. The first-order chi connectivity index (χ1) is 9.10. The molecule has 1 aromatic carbocycles. The van der Waals surface area contributed by atoms with E-state index in [0.717, 1.165) is 0 Å². The van der Waals surface area contributed by atoms with Crippen molar-refractivity contribution >= 4 is 5.97 Å². The van der Waals surface area contributed by atoms with Gasteiger partial charge >= 0.3 is 5.97 Å². The summed E-state index contributed by atoms with van der Waals surface area (Å²) >= 11 is 0. The first kappa shape index (κ1) is 16.7. The fourth-order valence-corrected chi connectivity index (χ4v) is 2.01. The van der Waals surface area contributed by atoms with E-state index in [4.69, 9.17) is 4.74 Å². The third kappa shape index (κ3) is 3.38. The minimum atomic E-state index is -2.08. The largest absolute Gasteiger partial charge is 0.461 e. The molecule has 4 heteroatoms. The van der Waals surface area contributed by atoms with Crippen LogP contribution in [0.1, 0.15) is 40.2 Å². The molecule has 20 heavy (non-hydrogen) atoms. The number of ether oxygens (including phenoxy) is 1. The Kier molecular flexibility index (Phi) is 4.95. The number of aliphatic hydroxyl groups excluding tert-OH is 1. The highest BCUT2D eigenvalue weighted by Gasteiger charge is 2.51. The second kappa shape index (κ2) is 5.94. The van der Waals surface area contributed by atoms with Gasteiger partial charge in [-0.15, -0.1) is 0 Å². The number of esters is 1. The Balaban J connectivity index is 3.30. The van der Waals surface area contributed by atoms with Crippen molar-refractivity contribution in [2.45, 2.75) is 52.4 Å². The van der Waals surface area contributed by atoms with Crippen LogP contribution in [0, 0.1) is 5.41 Å². The van der Waals surface area contributed by atoms with Crippen LogP contribution in [0.3, 0.4) is 0 Å². The number of carbonyl (C=O) groups is 1. The molecule has 0 spiro atoms. The van der Waals surface area contributed by atoms with Gasteiger partial charge in [0.25, 0.3) is 0 Å². The second-order valence-corrected chi connectivity index (χ2v) is 6.36. The summed E-state index contributed by atoms with van der Waals surface area (Å²) in [4.78, 5) is 12.3. The summed E-state index contributed by atoms with van der Waals surface area (Å²) in [5.74, 6) is -0.832. The van der Waals surface area contributed by atoms with Crippen LogP contribution >= 0.6 is 0 Å². The van der Waals surface area contributed by atoms with E-state index >= 15 is 0 Å². The van der Waals surface area contributed by atoms with E-state index in [0.29, 0.717) is 5.56 Å². The molecule has 0 aliphatic heterocycles. The van der Waals surface area contributed by atoms with Crippen LogP contribution in [0.15, 0.2) is 30.3 Å². The van der Waals surface area contributed by atoms with Crippen molar-refractivity contribution in [1.82, 2.24) is 0 Å². The highest BCUT2D eigenvalue weighted by atomic mass is 16.6. The maximum atomic E-state index is 12.3. The summed E-state index contributed by atoms with van der Waals surface area (Å²) < 4.78 is 5.14. The van der Waals surface area contributed by atoms with Gasteiger partial charge in [-0.05, 0) is 24.8 Å². The van der Waals surface area contributed by atoms with E-state index in [1.807, 2.05) is 0 Å². The molecule has 0 bridgehead atoms. The highest BCUT2D eigenvalue weighted by molar-refractivity contribution is 5.82. The molecule has 4 nitrogen and oxygen atoms in total. The topological polar surface area (TPSA) is 66.8 Å². The number of hydrogen-bond acceptors (Lipinski definition) is 4. The van der Waals surface area contributed by atoms with Crippen LogP contribution in [0.25, 0.3) is 0 Å². The summed E-state index contributed by atoms with van der Waals surface area (Å²) in [6.07, 6.45) is -1.66. The molecular formula is C16H24O4. The molecule has 0 fully saturated rings. The molecular weight excluding hydrogens is 256 g/mol. The lowest BCUT2D eigenvalue weighted by Gasteiger charge is -2.38. The zero-order valence-corrected chi connectivity index (χ0v) is 12.8. The third-order valence-electron chi connectivity index (χ3n) is 3.08. The van der Waals surface area contributed by atoms with Gasteiger partial charge in [-0.3, -0.25) is 0 Å². The molecule has 0 saturated carbocycles. The second-order valence-electron chi connectivity index (χ2n) is 6.36. The molecule has 2 N–H and O–H groups in total. The summed E-state index contributed by atoms with van der Waals surface area (Å²) in [7, 11) is 0. The first-order valence-corrected chi connectivity index (χ1v) is 6.77. The van der Waals surface area contributed by atoms with E-state index in [1.165, 1.54) is 0 Å². The third-order valence-corrected chi connectivity index (χ3v) is 3.08. The van der Waals surface area contributed by atoms with Crippen molar-refractivity contribution in [3.05, 3.63) is 35.9 Å². The number of benzene rings is 1. The summed E-state index contributed by atoms with van der Waals surface area (Å²) in [6, 6.07) is 8.41. The highest BCUT2D eigenvalue weighted by Crippen LogP contribution is 2.36. The van der Waals surface area contributed by atoms with E-state index in [-0.39, 0.29) is 6.10 Å². The lowest BCUT2D eigenvalue weighted by Crippen LogP contribution is -2.53. The summed E-state index contributed by atoms with van der Waals surface area (Å²) in [5.41, 5.74) is -2.43. The van der Waals surface area contributed by atoms with Gasteiger partial charge in [0.05, 0.1) is 6.10 Å². The number of hydrogen-bond donors (Lipinski definition) is 2. The van der Waals surface area contributed by atoms with Gasteiger partial charge in [-0.2, -0.15) is 0 Å². The van der Waals surface area contributed by atoms with Crippen molar-refractivity contribution in [3.8, 4) is 0 Å². The monoisotopic (exact) mass is 280 g/mol. The van der Waals surface area contributed by atoms with Crippen LogP contribution in [0.2, 0.25) is 0 Å². The molecule has 2 atom stereocenters. The Morgan fingerprint density at radius 2 is 1.65 bits per heavy atom. The maximum absolute atomic E-state index is 12.3. The maximum Gasteiger partial charge on any atom is 0.345 e. The van der Waals surface area contributed by atoms with E-state index in [9.17, 15) is 15.0 Å². The Morgan fingerprint density at radius 3 is 2.05 bits per heavy atom. The quantitative estimate of drug-likeness (QED) is 0.830. The molecule has 0 radical (unpaired) electrons. The fourth-order valence-electron chi connectivity index (χ4n) is 2.01. The predicted octanol–water partition coefficient (Wildman–Crippen LogP) is 2.23. The lowest BCUT2D eigenvalue weighted by molar-refractivity contribution is -0.194. The molecule has 1 aromatic rings. The molecule has 0 unspecified atom stereocenters. The normalized spacial score (nSPS) is 16.6. The summed E-state index contributed by atoms with van der Waals surface area (Å²) in [6.45, 7) is 8.68. The van der Waals surface area contributed by atoms with E-state index in [2.05, 4.69) is 0 Å². The van der Waals surface area contributed by atoms with Crippen molar-refractivity contribution in [1.29, 1.82) is 0 Å². The molecule has 0 aliphatic carbocycles. The van der Waals surface area contributed by atoms with Gasteiger partial charge in [0.15, 0.2) is 0 Å². The Hall–Kier alpha value is -1.39. The van der Waals surface area contributed by atoms with Crippen molar-refractivity contribution in [2.75, 3.05) is 0 Å². The average molecular weight is 280 g/mol. The molecule has 0 heterocycles. The first-order valence-electron chi connectivity index (χ1n) is 6.77. The minimum absolute atomic E-state index is 0.327. The zero-order chi connectivity index (χ0) is 15.6. The molecule has 0 saturated heterocycles. The number of rotatable bonds is 4. The number of carbonyl (C=O) groups excluding carboxylic acids is 1. The lowest BCUT2D eigenvalue weighted by atomic mass is 9.75. The van der Waals surface area contributed by atoms with Crippen LogP contribution in [0.4, 0.5) is 0 Å². The average Bonchev–Trinajstić information content (AvgIpc) is 2.36. The fraction of sp³-hybridized carbons (Fsp3) is 0.562. The van der Waals surface area contributed by atoms with Gasteiger partial charge in [0, 0.05) is 0 Å². The van der Waals surface area contributed by atoms with Gasteiger partial charge in [0.2, 0.25) is 5.60 Å². The SMILES string of the molecule is CC(C)OC(=O)[C@](O)(c1ccccc1)[C@H](O)C(C)(C)C. The molecule has 0 aromatic heterocycles. The molecule has 1 rings (SSSR count). The van der Waals surface area contributed by atoms with Crippen LogP contribution in [0.5, 0.6) is 0 Å². The van der Waals surface area contributed by atoms with Gasteiger partial charge in [-0.1, -0.05) is 51.1 Å². The van der Waals surface area contributed by atoms with Crippen LogP contribution in [-0.2, 0) is 15.1 Å². The molecule has 112 valence electrons.